The maximum absolute atomic E-state index is 12.2. The van der Waals surface area contributed by atoms with Gasteiger partial charge < -0.3 is 5.73 Å². The molecule has 0 spiro atoms. The average molecular weight is 321 g/mol. The Balaban J connectivity index is 2.13. The Kier molecular flexibility index (Phi) is 4.99. The van der Waals surface area contributed by atoms with Crippen molar-refractivity contribution in [3.05, 3.63) is 75.6 Å². The van der Waals surface area contributed by atoms with Gasteiger partial charge in [0.2, 0.25) is 5.91 Å². The monoisotopic (exact) mass is 320 g/mol. The summed E-state index contributed by atoms with van der Waals surface area (Å²) in [5.41, 5.74) is 6.56. The maximum Gasteiger partial charge on any atom is 0.249 e. The first kappa shape index (κ1) is 15.5. The van der Waals surface area contributed by atoms with E-state index in [9.17, 15) is 9.59 Å². The Bertz CT molecular complexity index is 681. The molecule has 2 N–H and O–H groups in total. The average Bonchev–Trinajstić information content (AvgIpc) is 2.46. The van der Waals surface area contributed by atoms with Crippen LogP contribution in [0.4, 0.5) is 0 Å². The van der Waals surface area contributed by atoms with Crippen LogP contribution in [0.15, 0.2) is 42.5 Å². The van der Waals surface area contributed by atoms with Gasteiger partial charge in [-0.2, -0.15) is 0 Å². The molecule has 0 aliphatic heterocycles. The number of benzene rings is 2. The van der Waals surface area contributed by atoms with E-state index in [4.69, 9.17) is 28.9 Å². The molecule has 2 aromatic carbocycles. The first-order valence-corrected chi connectivity index (χ1v) is 6.94. The van der Waals surface area contributed by atoms with Gasteiger partial charge in [-0.3, -0.25) is 9.59 Å². The zero-order valence-corrected chi connectivity index (χ0v) is 12.5. The molecule has 0 bridgehead atoms. The van der Waals surface area contributed by atoms with Gasteiger partial charge in [-0.1, -0.05) is 35.3 Å². The highest BCUT2D eigenvalue weighted by Gasteiger charge is 2.15. The van der Waals surface area contributed by atoms with E-state index in [1.165, 1.54) is 12.1 Å². The number of hydrogen-bond donors (Lipinski definition) is 1. The summed E-state index contributed by atoms with van der Waals surface area (Å²) in [6, 6.07) is 11.6. The van der Waals surface area contributed by atoms with Crippen LogP contribution in [0.1, 0.15) is 32.7 Å². The fourth-order valence-corrected chi connectivity index (χ4v) is 2.18. The van der Waals surface area contributed by atoms with Crippen molar-refractivity contribution in [2.45, 2.75) is 6.42 Å². The molecule has 0 heterocycles. The van der Waals surface area contributed by atoms with Crippen LogP contribution < -0.4 is 5.73 Å². The summed E-state index contributed by atoms with van der Waals surface area (Å²) in [6.45, 7) is 0. The molecular weight excluding hydrogens is 309 g/mol. The molecule has 5 heteroatoms. The van der Waals surface area contributed by atoms with Gasteiger partial charge in [0, 0.05) is 22.0 Å². The van der Waals surface area contributed by atoms with E-state index in [0.29, 0.717) is 10.0 Å². The van der Waals surface area contributed by atoms with Crippen molar-refractivity contribution in [3.63, 3.8) is 0 Å². The number of amides is 1. The van der Waals surface area contributed by atoms with Gasteiger partial charge in [-0.25, -0.2) is 0 Å². The SMILES string of the molecule is NC(=O)c1cc(Cl)ccc1C(=O)C[CH]c1ccc(Cl)cc1. The number of hydrogen-bond acceptors (Lipinski definition) is 2. The van der Waals surface area contributed by atoms with Crippen molar-refractivity contribution < 1.29 is 9.59 Å². The molecule has 21 heavy (non-hydrogen) atoms. The molecule has 1 radical (unpaired) electrons. The predicted molar refractivity (Wildman–Crippen MR) is 83.8 cm³/mol. The van der Waals surface area contributed by atoms with Gasteiger partial charge in [-0.05, 0) is 42.3 Å². The van der Waals surface area contributed by atoms with Crippen molar-refractivity contribution in [3.8, 4) is 0 Å². The number of Topliss-reactive ketones (excluding diaryl/α,β-unsaturated/α-hetero) is 1. The van der Waals surface area contributed by atoms with Crippen molar-refractivity contribution in [2.75, 3.05) is 0 Å². The summed E-state index contributed by atoms with van der Waals surface area (Å²) in [7, 11) is 0. The highest BCUT2D eigenvalue weighted by molar-refractivity contribution is 6.31. The Morgan fingerprint density at radius 1 is 0.952 bits per heavy atom. The molecule has 3 nitrogen and oxygen atoms in total. The van der Waals surface area contributed by atoms with Gasteiger partial charge in [-0.15, -0.1) is 0 Å². The lowest BCUT2D eigenvalue weighted by Gasteiger charge is -2.06. The third kappa shape index (κ3) is 4.06. The lowest BCUT2D eigenvalue weighted by molar-refractivity contribution is 0.0963. The van der Waals surface area contributed by atoms with Crippen LogP contribution in [0.3, 0.4) is 0 Å². The van der Waals surface area contributed by atoms with Crippen LogP contribution in [-0.2, 0) is 0 Å². The van der Waals surface area contributed by atoms with Crippen molar-refractivity contribution in [1.82, 2.24) is 0 Å². The second-order valence-electron chi connectivity index (χ2n) is 4.44. The fraction of sp³-hybridized carbons (Fsp3) is 0.0625. The van der Waals surface area contributed by atoms with Crippen LogP contribution in [-0.4, -0.2) is 11.7 Å². The number of nitrogens with two attached hydrogens (primary N) is 1. The molecule has 0 aromatic heterocycles. The molecule has 0 aliphatic rings. The largest absolute Gasteiger partial charge is 0.366 e. The second-order valence-corrected chi connectivity index (χ2v) is 5.31. The van der Waals surface area contributed by atoms with E-state index >= 15 is 0 Å². The lowest BCUT2D eigenvalue weighted by atomic mass is 9.98. The third-order valence-electron chi connectivity index (χ3n) is 2.94. The minimum absolute atomic E-state index is 0.136. The van der Waals surface area contributed by atoms with Crippen molar-refractivity contribution in [2.24, 2.45) is 5.73 Å². The zero-order valence-electron chi connectivity index (χ0n) is 11.0. The lowest BCUT2D eigenvalue weighted by Crippen LogP contribution is -2.16. The van der Waals surface area contributed by atoms with E-state index in [1.807, 2.05) is 12.1 Å². The van der Waals surface area contributed by atoms with E-state index < -0.39 is 5.91 Å². The Morgan fingerprint density at radius 3 is 2.19 bits per heavy atom. The van der Waals surface area contributed by atoms with E-state index in [2.05, 4.69) is 0 Å². The maximum atomic E-state index is 12.2. The van der Waals surface area contributed by atoms with Crippen LogP contribution >= 0.6 is 23.2 Å². The van der Waals surface area contributed by atoms with Gasteiger partial charge >= 0.3 is 0 Å². The number of halogens is 2. The molecular formula is C16H12Cl2NO2. The van der Waals surface area contributed by atoms with Crippen LogP contribution in [0, 0.1) is 6.42 Å². The van der Waals surface area contributed by atoms with Crippen molar-refractivity contribution >= 4 is 34.9 Å². The molecule has 0 fully saturated rings. The highest BCUT2D eigenvalue weighted by atomic mass is 35.5. The molecule has 1 amide bonds. The molecule has 0 aliphatic carbocycles. The summed E-state index contributed by atoms with van der Waals surface area (Å²) < 4.78 is 0. The van der Waals surface area contributed by atoms with Crippen LogP contribution in [0.5, 0.6) is 0 Å². The summed E-state index contributed by atoms with van der Waals surface area (Å²) in [5, 5.41) is 0.995. The molecule has 0 unspecified atom stereocenters. The molecule has 2 rings (SSSR count). The normalized spacial score (nSPS) is 10.4. The Hall–Kier alpha value is -1.84. The topological polar surface area (TPSA) is 60.2 Å². The fourth-order valence-electron chi connectivity index (χ4n) is 1.88. The summed E-state index contributed by atoms with van der Waals surface area (Å²) in [4.78, 5) is 23.6. The van der Waals surface area contributed by atoms with Crippen LogP contribution in [0.25, 0.3) is 0 Å². The Labute approximate surface area is 132 Å². The van der Waals surface area contributed by atoms with E-state index in [1.54, 1.807) is 24.6 Å². The standard InChI is InChI=1S/C16H12Cl2NO2/c17-11-4-1-10(2-5-11)3-8-15(20)13-7-6-12(18)9-14(13)16(19)21/h1-7,9H,8H2,(H2,19,21). The third-order valence-corrected chi connectivity index (χ3v) is 3.43. The quantitative estimate of drug-likeness (QED) is 0.849. The number of ketones is 1. The number of carbonyl (C=O) groups is 2. The van der Waals surface area contributed by atoms with Gasteiger partial charge in [0.15, 0.2) is 5.78 Å². The molecule has 0 saturated carbocycles. The summed E-state index contributed by atoms with van der Waals surface area (Å²) in [6.07, 6.45) is 1.92. The summed E-state index contributed by atoms with van der Waals surface area (Å²) in [5.74, 6) is -0.872. The first-order chi connectivity index (χ1) is 9.97. The van der Waals surface area contributed by atoms with Crippen molar-refractivity contribution in [1.29, 1.82) is 0 Å². The van der Waals surface area contributed by atoms with E-state index in [0.717, 1.165) is 5.56 Å². The van der Waals surface area contributed by atoms with Gasteiger partial charge in [0.1, 0.15) is 0 Å². The minimum Gasteiger partial charge on any atom is -0.366 e. The number of rotatable bonds is 5. The molecule has 2 aromatic rings. The number of carbonyl (C=O) groups excluding carboxylic acids is 2. The number of primary amides is 1. The van der Waals surface area contributed by atoms with Crippen LogP contribution in [0.2, 0.25) is 10.0 Å². The molecule has 107 valence electrons. The summed E-state index contributed by atoms with van der Waals surface area (Å²) >= 11 is 11.6. The smallest absolute Gasteiger partial charge is 0.249 e. The first-order valence-electron chi connectivity index (χ1n) is 6.18. The Morgan fingerprint density at radius 2 is 1.57 bits per heavy atom. The highest BCUT2D eigenvalue weighted by Crippen LogP contribution is 2.19. The van der Waals surface area contributed by atoms with Gasteiger partial charge in [0.05, 0.1) is 5.56 Å². The molecule has 0 atom stereocenters. The molecule has 0 saturated heterocycles. The zero-order chi connectivity index (χ0) is 15.4. The van der Waals surface area contributed by atoms with E-state index in [-0.39, 0.29) is 23.3 Å². The van der Waals surface area contributed by atoms with Gasteiger partial charge in [0.25, 0.3) is 0 Å². The minimum atomic E-state index is -0.674. The second kappa shape index (κ2) is 6.74. The predicted octanol–water partition coefficient (Wildman–Crippen LogP) is 3.92.